The Balaban J connectivity index is 2.95. The minimum absolute atomic E-state index is 0.0214. The highest BCUT2D eigenvalue weighted by molar-refractivity contribution is 5.72. The van der Waals surface area contributed by atoms with Crippen molar-refractivity contribution >= 4 is 5.97 Å². The van der Waals surface area contributed by atoms with Crippen LogP contribution >= 0.6 is 0 Å². The second-order valence-electron chi connectivity index (χ2n) is 3.21. The number of carboxylic acids is 1. The minimum Gasteiger partial charge on any atom is -0.505 e. The van der Waals surface area contributed by atoms with E-state index in [4.69, 9.17) is 10.2 Å². The van der Waals surface area contributed by atoms with Crippen LogP contribution in [0.3, 0.4) is 0 Å². The molecule has 72 valence electrons. The van der Waals surface area contributed by atoms with Crippen molar-refractivity contribution in [2.24, 2.45) is 5.92 Å². The summed E-state index contributed by atoms with van der Waals surface area (Å²) in [6.07, 6.45) is 2.52. The summed E-state index contributed by atoms with van der Waals surface area (Å²) in [4.78, 5) is 10.8. The van der Waals surface area contributed by atoms with E-state index in [0.29, 0.717) is 0 Å². The zero-order chi connectivity index (χ0) is 10.0. The molecule has 5 nitrogen and oxygen atoms in total. The summed E-state index contributed by atoms with van der Waals surface area (Å²) in [6.45, 7) is 3.58. The first-order valence-electron chi connectivity index (χ1n) is 3.98. The van der Waals surface area contributed by atoms with Gasteiger partial charge in [0.2, 0.25) is 0 Å². The standard InChI is InChI=1S/C8H12N2O3/c1-5(2)7(8(12)13)10-4-6(11)3-9-10/h3-5,7,11H,1-2H3,(H,12,13). The maximum atomic E-state index is 10.8. The third-order valence-electron chi connectivity index (χ3n) is 1.76. The maximum Gasteiger partial charge on any atom is 0.328 e. The number of hydrogen-bond acceptors (Lipinski definition) is 3. The highest BCUT2D eigenvalue weighted by Crippen LogP contribution is 2.19. The fraction of sp³-hybridized carbons (Fsp3) is 0.500. The second-order valence-corrected chi connectivity index (χ2v) is 3.21. The van der Waals surface area contributed by atoms with Crippen molar-refractivity contribution in [2.45, 2.75) is 19.9 Å². The number of carboxylic acid groups (broad SMARTS) is 1. The summed E-state index contributed by atoms with van der Waals surface area (Å²) in [6, 6.07) is -0.721. The predicted octanol–water partition coefficient (Wildman–Crippen LogP) is 0.870. The Morgan fingerprint density at radius 2 is 2.23 bits per heavy atom. The quantitative estimate of drug-likeness (QED) is 0.730. The van der Waals surface area contributed by atoms with Gasteiger partial charge in [0.25, 0.3) is 0 Å². The fourth-order valence-electron chi connectivity index (χ4n) is 1.18. The molecule has 0 fully saturated rings. The average Bonchev–Trinajstić information content (AvgIpc) is 2.34. The Kier molecular flexibility index (Phi) is 2.55. The molecule has 13 heavy (non-hydrogen) atoms. The molecule has 0 saturated heterocycles. The van der Waals surface area contributed by atoms with Crippen LogP contribution in [0, 0.1) is 5.92 Å². The summed E-state index contributed by atoms with van der Waals surface area (Å²) >= 11 is 0. The number of nitrogens with zero attached hydrogens (tertiary/aromatic N) is 2. The first-order chi connectivity index (χ1) is 6.02. The van der Waals surface area contributed by atoms with E-state index in [0.717, 1.165) is 0 Å². The van der Waals surface area contributed by atoms with Crippen molar-refractivity contribution in [2.75, 3.05) is 0 Å². The van der Waals surface area contributed by atoms with E-state index in [2.05, 4.69) is 5.10 Å². The Hall–Kier alpha value is -1.52. The van der Waals surface area contributed by atoms with Gasteiger partial charge in [-0.2, -0.15) is 5.10 Å². The minimum atomic E-state index is -0.946. The molecule has 1 atom stereocenters. The molecular weight excluding hydrogens is 172 g/mol. The van der Waals surface area contributed by atoms with E-state index in [1.165, 1.54) is 17.1 Å². The van der Waals surface area contributed by atoms with Crippen molar-refractivity contribution < 1.29 is 15.0 Å². The number of carbonyl (C=O) groups is 1. The van der Waals surface area contributed by atoms with Crippen molar-refractivity contribution in [1.82, 2.24) is 9.78 Å². The molecule has 5 heteroatoms. The summed E-state index contributed by atoms with van der Waals surface area (Å²) in [7, 11) is 0. The van der Waals surface area contributed by atoms with Crippen molar-refractivity contribution in [3.8, 4) is 5.75 Å². The molecule has 1 rings (SSSR count). The molecule has 0 amide bonds. The number of hydrogen-bond donors (Lipinski definition) is 2. The van der Waals surface area contributed by atoms with Crippen LogP contribution in [-0.2, 0) is 4.79 Å². The lowest BCUT2D eigenvalue weighted by atomic mass is 10.1. The van der Waals surface area contributed by atoms with Gasteiger partial charge in [-0.05, 0) is 5.92 Å². The molecule has 0 aromatic carbocycles. The molecule has 0 aliphatic carbocycles. The van der Waals surface area contributed by atoms with E-state index < -0.39 is 12.0 Å². The predicted molar refractivity (Wildman–Crippen MR) is 45.4 cm³/mol. The summed E-state index contributed by atoms with van der Waals surface area (Å²) in [5.41, 5.74) is 0. The SMILES string of the molecule is CC(C)C(C(=O)O)n1cc(O)cn1. The Bertz CT molecular complexity index is 306. The van der Waals surface area contributed by atoms with Crippen LogP contribution in [0.1, 0.15) is 19.9 Å². The van der Waals surface area contributed by atoms with Gasteiger partial charge in [0, 0.05) is 0 Å². The first kappa shape index (κ1) is 9.57. The molecule has 1 heterocycles. The molecule has 1 aromatic rings. The van der Waals surface area contributed by atoms with Gasteiger partial charge in [-0.25, -0.2) is 4.79 Å². The van der Waals surface area contributed by atoms with Gasteiger partial charge >= 0.3 is 5.97 Å². The fourth-order valence-corrected chi connectivity index (χ4v) is 1.18. The largest absolute Gasteiger partial charge is 0.505 e. The van der Waals surface area contributed by atoms with Crippen molar-refractivity contribution in [1.29, 1.82) is 0 Å². The molecule has 0 radical (unpaired) electrons. The van der Waals surface area contributed by atoms with Crippen LogP contribution in [0.5, 0.6) is 5.75 Å². The van der Waals surface area contributed by atoms with Crippen LogP contribution in [-0.4, -0.2) is 26.0 Å². The first-order valence-corrected chi connectivity index (χ1v) is 3.98. The average molecular weight is 184 g/mol. The lowest BCUT2D eigenvalue weighted by Gasteiger charge is -2.15. The number of aliphatic carboxylic acids is 1. The normalized spacial score (nSPS) is 13.2. The molecule has 1 aromatic heterocycles. The topological polar surface area (TPSA) is 75.3 Å². The van der Waals surface area contributed by atoms with E-state index >= 15 is 0 Å². The van der Waals surface area contributed by atoms with E-state index in [1.807, 2.05) is 0 Å². The zero-order valence-corrected chi connectivity index (χ0v) is 7.51. The van der Waals surface area contributed by atoms with Crippen LogP contribution in [0.2, 0.25) is 0 Å². The van der Waals surface area contributed by atoms with Gasteiger partial charge in [-0.15, -0.1) is 0 Å². The lowest BCUT2D eigenvalue weighted by Crippen LogP contribution is -2.24. The number of aromatic hydroxyl groups is 1. The molecule has 0 bridgehead atoms. The van der Waals surface area contributed by atoms with E-state index in [-0.39, 0.29) is 11.7 Å². The zero-order valence-electron chi connectivity index (χ0n) is 7.51. The Labute approximate surface area is 75.6 Å². The molecule has 2 N–H and O–H groups in total. The summed E-state index contributed by atoms with van der Waals surface area (Å²) < 4.78 is 1.25. The van der Waals surface area contributed by atoms with Gasteiger partial charge in [0.15, 0.2) is 11.8 Å². The Morgan fingerprint density at radius 3 is 2.54 bits per heavy atom. The molecule has 0 aliphatic heterocycles. The van der Waals surface area contributed by atoms with Gasteiger partial charge in [-0.1, -0.05) is 13.8 Å². The molecule has 0 spiro atoms. The van der Waals surface area contributed by atoms with E-state index in [1.54, 1.807) is 13.8 Å². The van der Waals surface area contributed by atoms with Gasteiger partial charge in [0.1, 0.15) is 0 Å². The van der Waals surface area contributed by atoms with Crippen LogP contribution in [0.15, 0.2) is 12.4 Å². The molecule has 1 unspecified atom stereocenters. The van der Waals surface area contributed by atoms with Crippen LogP contribution < -0.4 is 0 Å². The highest BCUT2D eigenvalue weighted by atomic mass is 16.4. The van der Waals surface area contributed by atoms with Crippen molar-refractivity contribution in [3.63, 3.8) is 0 Å². The Morgan fingerprint density at radius 1 is 1.62 bits per heavy atom. The monoisotopic (exact) mass is 184 g/mol. The van der Waals surface area contributed by atoms with Crippen LogP contribution in [0.25, 0.3) is 0 Å². The molecular formula is C8H12N2O3. The third-order valence-corrected chi connectivity index (χ3v) is 1.76. The summed E-state index contributed by atoms with van der Waals surface area (Å²) in [5, 5.41) is 21.6. The molecule has 0 aliphatic rings. The lowest BCUT2D eigenvalue weighted by molar-refractivity contribution is -0.142. The van der Waals surface area contributed by atoms with E-state index in [9.17, 15) is 4.79 Å². The number of aromatic nitrogens is 2. The van der Waals surface area contributed by atoms with Crippen molar-refractivity contribution in [3.05, 3.63) is 12.4 Å². The van der Waals surface area contributed by atoms with Gasteiger partial charge in [-0.3, -0.25) is 4.68 Å². The molecule has 0 saturated carbocycles. The number of rotatable bonds is 3. The maximum absolute atomic E-state index is 10.8. The van der Waals surface area contributed by atoms with Gasteiger partial charge in [0.05, 0.1) is 12.4 Å². The summed E-state index contributed by atoms with van der Waals surface area (Å²) in [5.74, 6) is -1.04. The smallest absolute Gasteiger partial charge is 0.328 e. The highest BCUT2D eigenvalue weighted by Gasteiger charge is 2.24. The van der Waals surface area contributed by atoms with Crippen LogP contribution in [0.4, 0.5) is 0 Å². The van der Waals surface area contributed by atoms with Gasteiger partial charge < -0.3 is 10.2 Å². The second kappa shape index (κ2) is 3.47. The third kappa shape index (κ3) is 1.99.